The molecule has 0 saturated carbocycles. The van der Waals surface area contributed by atoms with Gasteiger partial charge < -0.3 is 20.4 Å². The number of aryl methyl sites for hydroxylation is 6. The SMILES string of the molecule is CCCCO.Cc1cc(C)cc(O)c1.Cc1cc(C)cc(O)c1.Cc1cc(C)cc(O)c1. The van der Waals surface area contributed by atoms with Crippen LogP contribution in [0.2, 0.25) is 0 Å². The Hall–Kier alpha value is -2.98. The molecule has 32 heavy (non-hydrogen) atoms. The second-order valence-corrected chi connectivity index (χ2v) is 8.11. The fraction of sp³-hybridized carbons (Fsp3) is 0.357. The summed E-state index contributed by atoms with van der Waals surface area (Å²) >= 11 is 0. The van der Waals surface area contributed by atoms with Gasteiger partial charge >= 0.3 is 0 Å². The Morgan fingerprint density at radius 3 is 0.781 bits per heavy atom. The molecule has 176 valence electrons. The monoisotopic (exact) mass is 440 g/mol. The number of rotatable bonds is 2. The van der Waals surface area contributed by atoms with Crippen LogP contribution in [-0.2, 0) is 0 Å². The van der Waals surface area contributed by atoms with Gasteiger partial charge in [-0.05, 0) is 118 Å². The van der Waals surface area contributed by atoms with Gasteiger partial charge in [0.2, 0.25) is 0 Å². The van der Waals surface area contributed by atoms with E-state index in [0.29, 0.717) is 23.9 Å². The molecule has 0 aliphatic carbocycles. The third-order valence-electron chi connectivity index (χ3n) is 4.13. The summed E-state index contributed by atoms with van der Waals surface area (Å²) in [6, 6.07) is 16.5. The van der Waals surface area contributed by atoms with Crippen LogP contribution in [0.25, 0.3) is 0 Å². The van der Waals surface area contributed by atoms with Gasteiger partial charge in [-0.2, -0.15) is 0 Å². The highest BCUT2D eigenvalue weighted by molar-refractivity contribution is 5.33. The molecule has 0 bridgehead atoms. The maximum atomic E-state index is 8.99. The van der Waals surface area contributed by atoms with Crippen LogP contribution in [0.15, 0.2) is 54.6 Å². The van der Waals surface area contributed by atoms with E-state index in [1.54, 1.807) is 36.4 Å². The highest BCUT2D eigenvalue weighted by atomic mass is 16.3. The van der Waals surface area contributed by atoms with Crippen molar-refractivity contribution in [3.8, 4) is 17.2 Å². The van der Waals surface area contributed by atoms with Crippen molar-refractivity contribution in [2.24, 2.45) is 0 Å². The van der Waals surface area contributed by atoms with E-state index in [-0.39, 0.29) is 0 Å². The van der Waals surface area contributed by atoms with Gasteiger partial charge in [-0.3, -0.25) is 0 Å². The number of phenols is 3. The molecule has 3 aromatic carbocycles. The van der Waals surface area contributed by atoms with Crippen LogP contribution in [0.5, 0.6) is 17.2 Å². The predicted octanol–water partition coefficient (Wildman–Crippen LogP) is 6.81. The molecule has 4 heteroatoms. The minimum absolute atomic E-state index is 0.344. The summed E-state index contributed by atoms with van der Waals surface area (Å²) in [6.45, 7) is 14.2. The molecule has 3 rings (SSSR count). The Balaban J connectivity index is 0.000000410. The molecule has 0 radical (unpaired) electrons. The number of aliphatic hydroxyl groups is 1. The van der Waals surface area contributed by atoms with E-state index in [1.807, 2.05) is 59.7 Å². The summed E-state index contributed by atoms with van der Waals surface area (Å²) in [5.41, 5.74) is 6.63. The fourth-order valence-corrected chi connectivity index (χ4v) is 3.01. The van der Waals surface area contributed by atoms with E-state index in [0.717, 1.165) is 46.2 Å². The number of hydrogen-bond donors (Lipinski definition) is 4. The molecule has 0 fully saturated rings. The Morgan fingerprint density at radius 1 is 0.469 bits per heavy atom. The smallest absolute Gasteiger partial charge is 0.116 e. The third-order valence-corrected chi connectivity index (χ3v) is 4.13. The number of benzene rings is 3. The summed E-state index contributed by atoms with van der Waals surface area (Å²) in [7, 11) is 0. The quantitative estimate of drug-likeness (QED) is 0.353. The molecular weight excluding hydrogens is 400 g/mol. The van der Waals surface area contributed by atoms with Crippen LogP contribution in [0, 0.1) is 41.5 Å². The standard InChI is InChI=1S/3C8H10O.C4H10O/c3*1-6-3-7(2)5-8(9)4-6;1-2-3-4-5/h3*3-5,9H,1-2H3;5H,2-4H2,1H3. The Bertz CT molecular complexity index is 662. The first-order valence-electron chi connectivity index (χ1n) is 10.9. The van der Waals surface area contributed by atoms with Crippen molar-refractivity contribution in [1.82, 2.24) is 0 Å². The summed E-state index contributed by atoms with van der Waals surface area (Å²) in [4.78, 5) is 0. The van der Waals surface area contributed by atoms with E-state index in [1.165, 1.54) is 0 Å². The summed E-state index contributed by atoms with van der Waals surface area (Å²) in [6.07, 6.45) is 2.04. The minimum Gasteiger partial charge on any atom is -0.508 e. The highest BCUT2D eigenvalue weighted by Crippen LogP contribution is 2.14. The topological polar surface area (TPSA) is 80.9 Å². The van der Waals surface area contributed by atoms with Gasteiger partial charge in [-0.1, -0.05) is 31.5 Å². The lowest BCUT2D eigenvalue weighted by atomic mass is 10.1. The zero-order valence-electron chi connectivity index (χ0n) is 20.6. The van der Waals surface area contributed by atoms with Gasteiger partial charge in [0, 0.05) is 6.61 Å². The van der Waals surface area contributed by atoms with Gasteiger partial charge in [0.25, 0.3) is 0 Å². The van der Waals surface area contributed by atoms with Crippen molar-refractivity contribution >= 4 is 0 Å². The number of aliphatic hydroxyl groups excluding tert-OH is 1. The van der Waals surface area contributed by atoms with Gasteiger partial charge in [0.1, 0.15) is 17.2 Å². The first-order valence-corrected chi connectivity index (χ1v) is 10.9. The molecule has 0 aliphatic rings. The number of hydrogen-bond acceptors (Lipinski definition) is 4. The third kappa shape index (κ3) is 14.9. The second kappa shape index (κ2) is 15.8. The average Bonchev–Trinajstić information content (AvgIpc) is 2.60. The molecule has 0 unspecified atom stereocenters. The molecular formula is C28H40O4. The maximum absolute atomic E-state index is 8.99. The second-order valence-electron chi connectivity index (χ2n) is 8.11. The van der Waals surface area contributed by atoms with E-state index in [9.17, 15) is 0 Å². The van der Waals surface area contributed by atoms with Gasteiger partial charge in [0.15, 0.2) is 0 Å². The van der Waals surface area contributed by atoms with Crippen molar-refractivity contribution in [2.75, 3.05) is 6.61 Å². The molecule has 0 saturated heterocycles. The molecule has 0 aromatic heterocycles. The molecule has 0 spiro atoms. The molecule has 4 nitrogen and oxygen atoms in total. The first-order chi connectivity index (χ1) is 15.0. The average molecular weight is 441 g/mol. The minimum atomic E-state index is 0.344. The van der Waals surface area contributed by atoms with E-state index in [2.05, 4.69) is 6.92 Å². The van der Waals surface area contributed by atoms with Crippen molar-refractivity contribution in [1.29, 1.82) is 0 Å². The van der Waals surface area contributed by atoms with Crippen molar-refractivity contribution in [2.45, 2.75) is 61.3 Å². The Kier molecular flexibility index (Phi) is 14.3. The van der Waals surface area contributed by atoms with Crippen LogP contribution in [-0.4, -0.2) is 27.0 Å². The lowest BCUT2D eigenvalue weighted by Crippen LogP contribution is -1.75. The number of aromatic hydroxyl groups is 3. The van der Waals surface area contributed by atoms with Crippen molar-refractivity contribution < 1.29 is 20.4 Å². The zero-order chi connectivity index (χ0) is 24.7. The van der Waals surface area contributed by atoms with Gasteiger partial charge in [-0.25, -0.2) is 0 Å². The molecule has 0 amide bonds. The highest BCUT2D eigenvalue weighted by Gasteiger charge is 1.91. The van der Waals surface area contributed by atoms with E-state index >= 15 is 0 Å². The van der Waals surface area contributed by atoms with Gasteiger partial charge in [-0.15, -0.1) is 0 Å². The summed E-state index contributed by atoms with van der Waals surface area (Å²) in [5.74, 6) is 1.06. The van der Waals surface area contributed by atoms with E-state index < -0.39 is 0 Å². The van der Waals surface area contributed by atoms with Crippen LogP contribution in [0.4, 0.5) is 0 Å². The van der Waals surface area contributed by atoms with Gasteiger partial charge in [0.05, 0.1) is 0 Å². The lowest BCUT2D eigenvalue weighted by molar-refractivity contribution is 0.287. The largest absolute Gasteiger partial charge is 0.508 e. The van der Waals surface area contributed by atoms with E-state index in [4.69, 9.17) is 20.4 Å². The zero-order valence-corrected chi connectivity index (χ0v) is 20.6. The van der Waals surface area contributed by atoms with Crippen LogP contribution >= 0.6 is 0 Å². The number of unbranched alkanes of at least 4 members (excludes halogenated alkanes) is 1. The predicted molar refractivity (Wildman–Crippen MR) is 135 cm³/mol. The lowest BCUT2D eigenvalue weighted by Gasteiger charge is -1.95. The van der Waals surface area contributed by atoms with Crippen LogP contribution in [0.1, 0.15) is 53.1 Å². The van der Waals surface area contributed by atoms with Crippen molar-refractivity contribution in [3.05, 3.63) is 88.0 Å². The summed E-state index contributed by atoms with van der Waals surface area (Å²) < 4.78 is 0. The first kappa shape index (κ1) is 29.0. The number of phenolic OH excluding ortho intramolecular Hbond substituents is 3. The maximum Gasteiger partial charge on any atom is 0.116 e. The Labute approximate surface area is 193 Å². The normalized spacial score (nSPS) is 9.38. The molecule has 3 aromatic rings. The van der Waals surface area contributed by atoms with Crippen LogP contribution in [0.3, 0.4) is 0 Å². The van der Waals surface area contributed by atoms with Crippen molar-refractivity contribution in [3.63, 3.8) is 0 Å². The Morgan fingerprint density at radius 2 is 0.688 bits per heavy atom. The van der Waals surface area contributed by atoms with Crippen LogP contribution < -0.4 is 0 Å². The molecule has 0 heterocycles. The summed E-state index contributed by atoms with van der Waals surface area (Å²) in [5, 5.41) is 35.0. The molecule has 0 aliphatic heterocycles. The fourth-order valence-electron chi connectivity index (χ4n) is 3.01. The molecule has 4 N–H and O–H groups in total. The molecule has 0 atom stereocenters.